The van der Waals surface area contributed by atoms with Crippen LogP contribution in [0, 0.1) is 0 Å². The quantitative estimate of drug-likeness (QED) is 0.0343. The second kappa shape index (κ2) is 34.9. The Kier molecular flexibility index (Phi) is 34.2. The molecule has 0 aliphatic heterocycles. The zero-order valence-electron chi connectivity index (χ0n) is 31.2. The molecule has 280 valence electrons. The molecule has 2 atom stereocenters. The highest BCUT2D eigenvalue weighted by molar-refractivity contribution is 7.85. The molecule has 0 aromatic rings. The van der Waals surface area contributed by atoms with Gasteiger partial charge < -0.3 is 10.4 Å². The number of unbranched alkanes of at least 4 members (excludes halogenated alkanes) is 29. The third kappa shape index (κ3) is 36.2. The molecule has 0 aromatic heterocycles. The normalized spacial score (nSPS) is 13.4. The summed E-state index contributed by atoms with van der Waals surface area (Å²) in [6.45, 7) is 4.53. The fourth-order valence-electron chi connectivity index (χ4n) is 6.39. The van der Waals surface area contributed by atoms with E-state index in [-0.39, 0.29) is 5.91 Å². The maximum atomic E-state index is 12.5. The first kappa shape index (κ1) is 46.1. The summed E-state index contributed by atoms with van der Waals surface area (Å²) < 4.78 is 32.4. The van der Waals surface area contributed by atoms with Crippen molar-refractivity contribution >= 4 is 16.0 Å². The van der Waals surface area contributed by atoms with Gasteiger partial charge >= 0.3 is 0 Å². The first-order chi connectivity index (χ1) is 22.8. The monoisotopic (exact) mass is 686 g/mol. The molecule has 0 bridgehead atoms. The van der Waals surface area contributed by atoms with E-state index in [9.17, 15) is 22.9 Å². The Balaban J connectivity index is 3.89. The van der Waals surface area contributed by atoms with E-state index in [1.165, 1.54) is 161 Å². The van der Waals surface area contributed by atoms with Crippen LogP contribution in [0.25, 0.3) is 0 Å². The Morgan fingerprint density at radius 1 is 0.553 bits per heavy atom. The number of hydrogen-bond acceptors (Lipinski definition) is 4. The fraction of sp³-hybridized carbons (Fsp3) is 0.925. The average Bonchev–Trinajstić information content (AvgIpc) is 3.03. The van der Waals surface area contributed by atoms with Crippen molar-refractivity contribution < 1.29 is 22.9 Å². The largest absolute Gasteiger partial charge is 0.387 e. The third-order valence-electron chi connectivity index (χ3n) is 9.46. The Morgan fingerprint density at radius 3 is 1.21 bits per heavy atom. The van der Waals surface area contributed by atoms with Crippen LogP contribution >= 0.6 is 0 Å². The molecule has 47 heavy (non-hydrogen) atoms. The van der Waals surface area contributed by atoms with Gasteiger partial charge in [0.15, 0.2) is 0 Å². The van der Waals surface area contributed by atoms with E-state index in [1.807, 2.05) is 6.08 Å². The predicted molar refractivity (Wildman–Crippen MR) is 203 cm³/mol. The van der Waals surface area contributed by atoms with Gasteiger partial charge in [-0.15, -0.1) is 0 Å². The highest BCUT2D eigenvalue weighted by Gasteiger charge is 2.24. The number of carbonyl (C=O) groups excluding carboxylic acids is 1. The Hall–Kier alpha value is -0.920. The molecule has 7 heteroatoms. The summed E-state index contributed by atoms with van der Waals surface area (Å²) in [5.74, 6) is -0.967. The molecular weight excluding hydrogens is 607 g/mol. The van der Waals surface area contributed by atoms with Crippen molar-refractivity contribution in [2.75, 3.05) is 5.75 Å². The molecule has 0 saturated carbocycles. The van der Waals surface area contributed by atoms with Gasteiger partial charge in [-0.1, -0.05) is 206 Å². The maximum absolute atomic E-state index is 12.5. The lowest BCUT2D eigenvalue weighted by Gasteiger charge is -2.21. The third-order valence-corrected chi connectivity index (χ3v) is 10.2. The number of nitrogens with one attached hydrogen (secondary N) is 1. The minimum absolute atomic E-state index is 0.274. The summed E-state index contributed by atoms with van der Waals surface area (Å²) in [7, 11) is -4.34. The first-order valence-corrected chi connectivity index (χ1v) is 22.0. The summed E-state index contributed by atoms with van der Waals surface area (Å²) in [5, 5.41) is 13.2. The Labute approximate surface area is 292 Å². The van der Waals surface area contributed by atoms with Crippen molar-refractivity contribution in [3.63, 3.8) is 0 Å². The van der Waals surface area contributed by atoms with Gasteiger partial charge in [-0.2, -0.15) is 8.42 Å². The Bertz CT molecular complexity index is 800. The molecule has 0 aliphatic carbocycles. The van der Waals surface area contributed by atoms with Gasteiger partial charge in [0, 0.05) is 6.42 Å². The lowest BCUT2D eigenvalue weighted by atomic mass is 10.0. The van der Waals surface area contributed by atoms with E-state index >= 15 is 0 Å². The van der Waals surface area contributed by atoms with Crippen LogP contribution in [-0.4, -0.2) is 41.9 Å². The van der Waals surface area contributed by atoms with Crippen molar-refractivity contribution in [3.05, 3.63) is 12.2 Å². The van der Waals surface area contributed by atoms with Crippen LogP contribution in [0.15, 0.2) is 12.2 Å². The zero-order valence-corrected chi connectivity index (χ0v) is 32.0. The van der Waals surface area contributed by atoms with E-state index in [0.717, 1.165) is 38.5 Å². The Morgan fingerprint density at radius 2 is 0.872 bits per heavy atom. The second-order valence-electron chi connectivity index (χ2n) is 14.3. The molecule has 0 aromatic carbocycles. The van der Waals surface area contributed by atoms with Crippen LogP contribution in [0.2, 0.25) is 0 Å². The SMILES string of the molecule is CCCCCCCCCCCCCCC/C=C/C(O)C(CS(=O)(=O)O)NC(=O)CCCCCCCCCCCCCCCCCCC. The molecule has 1 amide bonds. The van der Waals surface area contributed by atoms with E-state index in [0.29, 0.717) is 6.42 Å². The number of amides is 1. The number of carbonyl (C=O) groups is 1. The summed E-state index contributed by atoms with van der Waals surface area (Å²) in [6.07, 6.45) is 41.9. The zero-order chi connectivity index (χ0) is 34.7. The van der Waals surface area contributed by atoms with Crippen LogP contribution < -0.4 is 5.32 Å². The summed E-state index contributed by atoms with van der Waals surface area (Å²) in [5.41, 5.74) is 0. The predicted octanol–water partition coefficient (Wildman–Crippen LogP) is 11.8. The average molecular weight is 686 g/mol. The first-order valence-electron chi connectivity index (χ1n) is 20.4. The van der Waals surface area contributed by atoms with E-state index in [2.05, 4.69) is 19.2 Å². The van der Waals surface area contributed by atoms with Crippen molar-refractivity contribution in [3.8, 4) is 0 Å². The standard InChI is InChI=1S/C40H79NO5S/c1-3-5-7-9-11-13-15-17-19-20-22-24-26-28-30-32-34-36-40(43)41-38(37-47(44,45)46)39(42)35-33-31-29-27-25-23-21-18-16-14-12-10-8-6-4-2/h33,35,38-39,42H,3-32,34,36-37H2,1-2H3,(H,41,43)(H,44,45,46)/b35-33+. The number of aliphatic hydroxyl groups excluding tert-OH is 1. The highest BCUT2D eigenvalue weighted by atomic mass is 32.2. The molecular formula is C40H79NO5S. The molecule has 0 spiro atoms. The summed E-state index contributed by atoms with van der Waals surface area (Å²) in [4.78, 5) is 12.5. The van der Waals surface area contributed by atoms with Crippen LogP contribution in [0.5, 0.6) is 0 Å². The summed E-state index contributed by atoms with van der Waals surface area (Å²) >= 11 is 0. The molecule has 0 heterocycles. The smallest absolute Gasteiger partial charge is 0.267 e. The van der Waals surface area contributed by atoms with Gasteiger partial charge in [-0.05, 0) is 19.3 Å². The molecule has 6 nitrogen and oxygen atoms in total. The molecule has 0 saturated heterocycles. The van der Waals surface area contributed by atoms with Gasteiger partial charge in [-0.25, -0.2) is 0 Å². The van der Waals surface area contributed by atoms with Crippen molar-refractivity contribution in [1.29, 1.82) is 0 Å². The van der Waals surface area contributed by atoms with Crippen LogP contribution in [-0.2, 0) is 14.9 Å². The minimum atomic E-state index is -4.34. The molecule has 0 aliphatic rings. The van der Waals surface area contributed by atoms with Crippen LogP contribution in [0.1, 0.15) is 219 Å². The molecule has 0 rings (SSSR count). The number of hydrogen-bond donors (Lipinski definition) is 3. The van der Waals surface area contributed by atoms with Crippen molar-refractivity contribution in [2.45, 2.75) is 231 Å². The topological polar surface area (TPSA) is 104 Å². The van der Waals surface area contributed by atoms with Gasteiger partial charge in [0.1, 0.15) is 0 Å². The molecule has 0 radical (unpaired) electrons. The molecule has 2 unspecified atom stereocenters. The molecule has 3 N–H and O–H groups in total. The summed E-state index contributed by atoms with van der Waals surface area (Å²) in [6, 6.07) is -1.05. The van der Waals surface area contributed by atoms with Crippen molar-refractivity contribution in [2.24, 2.45) is 0 Å². The van der Waals surface area contributed by atoms with Gasteiger partial charge in [0.25, 0.3) is 10.1 Å². The van der Waals surface area contributed by atoms with Gasteiger partial charge in [0.05, 0.1) is 17.9 Å². The van der Waals surface area contributed by atoms with Crippen LogP contribution in [0.4, 0.5) is 0 Å². The highest BCUT2D eigenvalue weighted by Crippen LogP contribution is 2.16. The van der Waals surface area contributed by atoms with Crippen molar-refractivity contribution in [1.82, 2.24) is 5.32 Å². The number of aliphatic hydroxyl groups is 1. The van der Waals surface area contributed by atoms with E-state index in [1.54, 1.807) is 6.08 Å². The van der Waals surface area contributed by atoms with E-state index < -0.39 is 28.0 Å². The van der Waals surface area contributed by atoms with Gasteiger partial charge in [-0.3, -0.25) is 9.35 Å². The van der Waals surface area contributed by atoms with Gasteiger partial charge in [0.2, 0.25) is 5.91 Å². The maximum Gasteiger partial charge on any atom is 0.267 e. The lowest BCUT2D eigenvalue weighted by Crippen LogP contribution is -2.46. The second-order valence-corrected chi connectivity index (χ2v) is 15.8. The lowest BCUT2D eigenvalue weighted by molar-refractivity contribution is -0.122. The fourth-order valence-corrected chi connectivity index (χ4v) is 7.13. The minimum Gasteiger partial charge on any atom is -0.387 e. The van der Waals surface area contributed by atoms with E-state index in [4.69, 9.17) is 0 Å². The van der Waals surface area contributed by atoms with Crippen LogP contribution in [0.3, 0.4) is 0 Å². The number of allylic oxidation sites excluding steroid dienone is 1. The number of rotatable bonds is 37. The molecule has 0 fully saturated rings.